The van der Waals surface area contributed by atoms with E-state index >= 15 is 0 Å². The molecule has 0 spiro atoms. The highest BCUT2D eigenvalue weighted by Crippen LogP contribution is 2.42. The van der Waals surface area contributed by atoms with E-state index in [1.165, 1.54) is 10.9 Å². The molecule has 0 aliphatic carbocycles. The van der Waals surface area contributed by atoms with E-state index < -0.39 is 29.5 Å². The average molecular weight is 440 g/mol. The smallest absolute Gasteiger partial charge is 0.264 e. The highest BCUT2D eigenvalue weighted by atomic mass is 35.5. The van der Waals surface area contributed by atoms with Crippen LogP contribution in [0.15, 0.2) is 18.5 Å². The Labute approximate surface area is 168 Å². The van der Waals surface area contributed by atoms with Crippen molar-refractivity contribution in [3.8, 4) is 11.3 Å². The summed E-state index contributed by atoms with van der Waals surface area (Å²) in [6.45, 7) is 4.86. The Morgan fingerprint density at radius 1 is 1.10 bits per heavy atom. The van der Waals surface area contributed by atoms with Crippen LogP contribution >= 0.6 is 11.6 Å². The number of hydrogen-bond acceptors (Lipinski definition) is 4. The van der Waals surface area contributed by atoms with Crippen LogP contribution in [0.5, 0.6) is 0 Å². The van der Waals surface area contributed by atoms with Crippen LogP contribution in [0.1, 0.15) is 39.0 Å². The van der Waals surface area contributed by atoms with Crippen molar-refractivity contribution in [3.05, 3.63) is 34.7 Å². The third-order valence-electron chi connectivity index (χ3n) is 4.17. The van der Waals surface area contributed by atoms with E-state index in [-0.39, 0.29) is 28.1 Å². The zero-order valence-electron chi connectivity index (χ0n) is 16.1. The van der Waals surface area contributed by atoms with E-state index in [1.807, 2.05) is 0 Å². The van der Waals surface area contributed by atoms with Crippen molar-refractivity contribution < 1.29 is 31.5 Å². The van der Waals surface area contributed by atoms with E-state index in [1.54, 1.807) is 6.92 Å². The van der Waals surface area contributed by atoms with Crippen molar-refractivity contribution in [2.24, 2.45) is 5.41 Å². The van der Waals surface area contributed by atoms with Gasteiger partial charge in [0.15, 0.2) is 0 Å². The van der Waals surface area contributed by atoms with Gasteiger partial charge in [0, 0.05) is 42.9 Å². The quantitative estimate of drug-likeness (QED) is 0.595. The topological polar surface area (TPSA) is 64.8 Å². The fourth-order valence-corrected chi connectivity index (χ4v) is 2.81. The predicted octanol–water partition coefficient (Wildman–Crippen LogP) is 5.28. The second kappa shape index (κ2) is 9.00. The molecule has 0 bridgehead atoms. The van der Waals surface area contributed by atoms with Crippen LogP contribution in [-0.4, -0.2) is 27.1 Å². The monoisotopic (exact) mass is 439 g/mol. The van der Waals surface area contributed by atoms with Gasteiger partial charge in [0.25, 0.3) is 5.92 Å². The van der Waals surface area contributed by atoms with Crippen LogP contribution in [0.25, 0.3) is 11.3 Å². The number of alkyl halides is 5. The van der Waals surface area contributed by atoms with Gasteiger partial charge in [-0.1, -0.05) is 25.4 Å². The van der Waals surface area contributed by atoms with Gasteiger partial charge in [-0.25, -0.2) is 8.78 Å². The van der Waals surface area contributed by atoms with Gasteiger partial charge < -0.3 is 0 Å². The molecule has 160 valence electrons. The summed E-state index contributed by atoms with van der Waals surface area (Å²) in [4.78, 5) is 20.2. The van der Waals surface area contributed by atoms with Crippen LogP contribution in [-0.2, 0) is 28.5 Å². The average Bonchev–Trinajstić information content (AvgIpc) is 2.94. The fourth-order valence-electron chi connectivity index (χ4n) is 2.57. The van der Waals surface area contributed by atoms with Gasteiger partial charge in [0.2, 0.25) is 0 Å². The summed E-state index contributed by atoms with van der Waals surface area (Å²) in [6.07, 6.45) is -2.27. The van der Waals surface area contributed by atoms with Crippen molar-refractivity contribution in [3.63, 3.8) is 0 Å². The van der Waals surface area contributed by atoms with E-state index in [2.05, 4.69) is 10.1 Å². The van der Waals surface area contributed by atoms with Crippen molar-refractivity contribution in [2.75, 3.05) is 0 Å². The van der Waals surface area contributed by atoms with E-state index in [9.17, 15) is 22.0 Å². The standard InChI is InChI=1S/C17H19ClF5N3.CO2/c1-5-26-14(13(18)9-25-26)11-8-24-10(6-12(11)16(4,19)20)7-15(2,3)17(21,22)23;2-1-3/h6,8-9H,5,7H2,1-4H3;. The highest BCUT2D eigenvalue weighted by Gasteiger charge is 2.47. The first-order valence-corrected chi connectivity index (χ1v) is 8.72. The molecule has 0 radical (unpaired) electrons. The molecule has 0 aromatic carbocycles. The first-order valence-electron chi connectivity index (χ1n) is 8.34. The number of carbonyl (C=O) groups excluding carboxylic acids is 2. The zero-order chi connectivity index (χ0) is 22.6. The van der Waals surface area contributed by atoms with Gasteiger partial charge in [-0.3, -0.25) is 9.67 Å². The van der Waals surface area contributed by atoms with Crippen LogP contribution in [0.3, 0.4) is 0 Å². The normalized spacial score (nSPS) is 12.2. The number of rotatable bonds is 5. The molecule has 5 nitrogen and oxygen atoms in total. The van der Waals surface area contributed by atoms with Crippen LogP contribution in [0.4, 0.5) is 22.0 Å². The summed E-state index contributed by atoms with van der Waals surface area (Å²) in [7, 11) is 0. The Balaban J connectivity index is 0.00000132. The molecule has 11 heteroatoms. The second-order valence-corrected chi connectivity index (χ2v) is 7.32. The SMILES string of the molecule is CCn1ncc(Cl)c1-c1cnc(CC(C)(C)C(F)(F)F)cc1C(C)(F)F.O=C=O. The maximum absolute atomic E-state index is 14.2. The molecule has 0 saturated carbocycles. The minimum atomic E-state index is -4.48. The Morgan fingerprint density at radius 2 is 1.66 bits per heavy atom. The minimum Gasteiger partial charge on any atom is -0.264 e. The molecular weight excluding hydrogens is 421 g/mol. The molecule has 2 rings (SSSR count). The lowest BCUT2D eigenvalue weighted by atomic mass is 9.86. The Hall–Kier alpha value is -2.32. The van der Waals surface area contributed by atoms with Crippen molar-refractivity contribution >= 4 is 17.8 Å². The molecule has 0 atom stereocenters. The lowest BCUT2D eigenvalue weighted by Crippen LogP contribution is -2.34. The number of aromatic nitrogens is 3. The van der Waals surface area contributed by atoms with Gasteiger partial charge in [0.05, 0.1) is 22.3 Å². The minimum absolute atomic E-state index is 0.0513. The molecule has 0 unspecified atom stereocenters. The number of hydrogen-bond donors (Lipinski definition) is 0. The summed E-state index contributed by atoms with van der Waals surface area (Å²) < 4.78 is 69.1. The number of halogens is 6. The molecule has 0 fully saturated rings. The van der Waals surface area contributed by atoms with Gasteiger partial charge in [-0.15, -0.1) is 0 Å². The third-order valence-corrected chi connectivity index (χ3v) is 4.45. The summed E-state index contributed by atoms with van der Waals surface area (Å²) in [5.41, 5.74) is -2.27. The molecule has 29 heavy (non-hydrogen) atoms. The van der Waals surface area contributed by atoms with E-state index in [0.29, 0.717) is 13.5 Å². The number of nitrogens with zero attached hydrogens (tertiary/aromatic N) is 3. The van der Waals surface area contributed by atoms with Gasteiger partial charge in [-0.05, 0) is 13.0 Å². The molecule has 0 aliphatic heterocycles. The van der Waals surface area contributed by atoms with E-state index in [4.69, 9.17) is 21.2 Å². The van der Waals surface area contributed by atoms with Crippen LogP contribution in [0.2, 0.25) is 5.02 Å². The van der Waals surface area contributed by atoms with Crippen LogP contribution in [0, 0.1) is 5.41 Å². The number of pyridine rings is 1. The zero-order valence-corrected chi connectivity index (χ0v) is 16.8. The maximum atomic E-state index is 14.2. The third kappa shape index (κ3) is 5.83. The predicted molar refractivity (Wildman–Crippen MR) is 94.3 cm³/mol. The Morgan fingerprint density at radius 3 is 2.10 bits per heavy atom. The fraction of sp³-hybridized carbons (Fsp3) is 0.500. The summed E-state index contributed by atoms with van der Waals surface area (Å²) in [5, 5.41) is 4.18. The first kappa shape index (κ1) is 24.7. The molecule has 0 amide bonds. The second-order valence-electron chi connectivity index (χ2n) is 6.91. The first-order chi connectivity index (χ1) is 13.2. The molecule has 0 saturated heterocycles. The molecular formula is C18H19ClF5N3O2. The Kier molecular flexibility index (Phi) is 7.67. The molecule has 2 aromatic rings. The molecule has 0 aliphatic rings. The van der Waals surface area contributed by atoms with Crippen molar-refractivity contribution in [1.29, 1.82) is 0 Å². The molecule has 0 N–H and O–H groups in total. The summed E-state index contributed by atoms with van der Waals surface area (Å²) >= 11 is 6.08. The maximum Gasteiger partial charge on any atom is 0.394 e. The summed E-state index contributed by atoms with van der Waals surface area (Å²) in [6, 6.07) is 1.02. The molecule has 2 aromatic heterocycles. The highest BCUT2D eigenvalue weighted by molar-refractivity contribution is 6.33. The van der Waals surface area contributed by atoms with Gasteiger partial charge in [0.1, 0.15) is 0 Å². The number of aryl methyl sites for hydroxylation is 1. The van der Waals surface area contributed by atoms with Crippen molar-refractivity contribution in [2.45, 2.75) is 52.8 Å². The van der Waals surface area contributed by atoms with Gasteiger partial charge in [-0.2, -0.15) is 27.9 Å². The Bertz CT molecular complexity index is 883. The largest absolute Gasteiger partial charge is 0.394 e. The van der Waals surface area contributed by atoms with E-state index in [0.717, 1.165) is 26.1 Å². The lowest BCUT2D eigenvalue weighted by molar-refractivity contribution is -0.211. The van der Waals surface area contributed by atoms with Gasteiger partial charge >= 0.3 is 12.3 Å². The molecule has 2 heterocycles. The lowest BCUT2D eigenvalue weighted by Gasteiger charge is -2.28. The van der Waals surface area contributed by atoms with Crippen LogP contribution < -0.4 is 0 Å². The summed E-state index contributed by atoms with van der Waals surface area (Å²) in [5.74, 6) is -3.29. The van der Waals surface area contributed by atoms with Crippen molar-refractivity contribution in [1.82, 2.24) is 14.8 Å².